The topological polar surface area (TPSA) is 74.6 Å². The molecular formula is C24H23N3O3S. The second-order valence-corrected chi connectivity index (χ2v) is 8.28. The molecular weight excluding hydrogens is 410 g/mol. The van der Waals surface area contributed by atoms with Crippen LogP contribution in [0.25, 0.3) is 11.0 Å². The maximum atomic E-state index is 12.5. The lowest BCUT2D eigenvalue weighted by molar-refractivity contribution is -0.117. The summed E-state index contributed by atoms with van der Waals surface area (Å²) in [6.45, 7) is 2.23. The van der Waals surface area contributed by atoms with Gasteiger partial charge < -0.3 is 15.1 Å². The van der Waals surface area contributed by atoms with Crippen LogP contribution in [0.5, 0.6) is 0 Å². The lowest BCUT2D eigenvalue weighted by atomic mass is 10.2. The maximum absolute atomic E-state index is 12.5. The highest BCUT2D eigenvalue weighted by atomic mass is 32.1. The Morgan fingerprint density at radius 3 is 2.39 bits per heavy atom. The molecule has 0 aliphatic carbocycles. The number of nitrogens with one attached hydrogen (secondary N) is 2. The fraction of sp³-hybridized carbons (Fsp3) is 0.167. The van der Waals surface area contributed by atoms with E-state index in [1.54, 1.807) is 30.3 Å². The highest BCUT2D eigenvalue weighted by Crippen LogP contribution is 2.26. The summed E-state index contributed by atoms with van der Waals surface area (Å²) >= 11 is 1.39. The molecule has 0 saturated carbocycles. The van der Waals surface area contributed by atoms with Gasteiger partial charge in [-0.2, -0.15) is 0 Å². The molecule has 2 amide bonds. The normalized spacial score (nSPS) is 12.1. The highest BCUT2D eigenvalue weighted by molar-refractivity contribution is 7.12. The number of anilines is 2. The fourth-order valence-corrected chi connectivity index (χ4v) is 3.85. The van der Waals surface area contributed by atoms with Gasteiger partial charge in [0.15, 0.2) is 0 Å². The summed E-state index contributed by atoms with van der Waals surface area (Å²) in [6.07, 6.45) is 0. The van der Waals surface area contributed by atoms with E-state index in [9.17, 15) is 9.59 Å². The molecule has 0 saturated heterocycles. The van der Waals surface area contributed by atoms with Gasteiger partial charge in [0.2, 0.25) is 5.91 Å². The number of thiophene rings is 1. The zero-order chi connectivity index (χ0) is 21.8. The van der Waals surface area contributed by atoms with Gasteiger partial charge in [-0.05, 0) is 61.8 Å². The number of carbonyl (C=O) groups is 2. The van der Waals surface area contributed by atoms with E-state index < -0.39 is 0 Å². The van der Waals surface area contributed by atoms with Crippen LogP contribution >= 0.6 is 11.3 Å². The van der Waals surface area contributed by atoms with E-state index >= 15 is 0 Å². The van der Waals surface area contributed by atoms with Gasteiger partial charge in [0.05, 0.1) is 17.5 Å². The molecule has 0 aliphatic heterocycles. The van der Waals surface area contributed by atoms with E-state index in [4.69, 9.17) is 4.42 Å². The summed E-state index contributed by atoms with van der Waals surface area (Å²) in [5.74, 6) is 0.552. The quantitative estimate of drug-likeness (QED) is 0.410. The highest BCUT2D eigenvalue weighted by Gasteiger charge is 2.18. The third-order valence-electron chi connectivity index (χ3n) is 5.08. The first kappa shape index (κ1) is 20.8. The first-order valence-corrected chi connectivity index (χ1v) is 10.8. The zero-order valence-electron chi connectivity index (χ0n) is 17.3. The van der Waals surface area contributed by atoms with E-state index in [0.717, 1.165) is 16.7 Å². The number of rotatable bonds is 7. The lowest BCUT2D eigenvalue weighted by Gasteiger charge is -2.22. The van der Waals surface area contributed by atoms with Gasteiger partial charge in [0.25, 0.3) is 5.91 Å². The van der Waals surface area contributed by atoms with E-state index in [1.165, 1.54) is 11.3 Å². The number of hydrogen-bond acceptors (Lipinski definition) is 5. The van der Waals surface area contributed by atoms with Crippen molar-refractivity contribution in [3.8, 4) is 0 Å². The molecule has 0 radical (unpaired) electrons. The summed E-state index contributed by atoms with van der Waals surface area (Å²) in [4.78, 5) is 27.2. The van der Waals surface area contributed by atoms with Gasteiger partial charge in [0.1, 0.15) is 11.3 Å². The Labute approximate surface area is 184 Å². The standard InChI is InChI=1S/C24H23N3O3S/c1-16(21-14-17-6-3-4-7-20(17)30-21)27(2)15-23(28)25-18-9-11-19(12-10-18)26-24(29)22-8-5-13-31-22/h3-14,16H,15H2,1-2H3,(H,25,28)(H,26,29). The molecule has 158 valence electrons. The summed E-state index contributed by atoms with van der Waals surface area (Å²) in [7, 11) is 1.89. The summed E-state index contributed by atoms with van der Waals surface area (Å²) in [5, 5.41) is 8.64. The Bertz CT molecular complexity index is 1150. The van der Waals surface area contributed by atoms with Gasteiger partial charge in [-0.3, -0.25) is 14.5 Å². The second kappa shape index (κ2) is 9.16. The van der Waals surface area contributed by atoms with Crippen molar-refractivity contribution >= 4 is 45.5 Å². The summed E-state index contributed by atoms with van der Waals surface area (Å²) < 4.78 is 5.92. The second-order valence-electron chi connectivity index (χ2n) is 7.33. The third-order valence-corrected chi connectivity index (χ3v) is 5.95. The van der Waals surface area contributed by atoms with Crippen LogP contribution in [0.15, 0.2) is 76.5 Å². The Hall–Kier alpha value is -3.42. The number of nitrogens with zero attached hydrogens (tertiary/aromatic N) is 1. The first-order valence-electron chi connectivity index (χ1n) is 9.93. The molecule has 2 N–H and O–H groups in total. The van der Waals surface area contributed by atoms with Gasteiger partial charge in [-0.25, -0.2) is 0 Å². The van der Waals surface area contributed by atoms with Crippen LogP contribution in [0.1, 0.15) is 28.4 Å². The molecule has 2 aromatic carbocycles. The Kier molecular flexibility index (Phi) is 6.16. The maximum Gasteiger partial charge on any atom is 0.265 e. The number of likely N-dealkylation sites (N-methyl/N-ethyl adjacent to an activating group) is 1. The Morgan fingerprint density at radius 2 is 1.71 bits per heavy atom. The number of amides is 2. The predicted molar refractivity (Wildman–Crippen MR) is 125 cm³/mol. The van der Waals surface area contributed by atoms with Crippen molar-refractivity contribution in [3.05, 3.63) is 82.7 Å². The molecule has 1 atom stereocenters. The van der Waals surface area contributed by atoms with Gasteiger partial charge >= 0.3 is 0 Å². The van der Waals surface area contributed by atoms with Crippen LogP contribution in [0.3, 0.4) is 0 Å². The number of hydrogen-bond donors (Lipinski definition) is 2. The van der Waals surface area contributed by atoms with E-state index in [0.29, 0.717) is 16.3 Å². The number of para-hydroxylation sites is 1. The largest absolute Gasteiger partial charge is 0.459 e. The van der Waals surface area contributed by atoms with Crippen LogP contribution in [0, 0.1) is 0 Å². The molecule has 4 rings (SSSR count). The molecule has 7 heteroatoms. The van der Waals surface area contributed by atoms with Crippen molar-refractivity contribution < 1.29 is 14.0 Å². The fourth-order valence-electron chi connectivity index (χ4n) is 3.23. The molecule has 31 heavy (non-hydrogen) atoms. The van der Waals surface area contributed by atoms with E-state index in [-0.39, 0.29) is 24.4 Å². The molecule has 0 spiro atoms. The summed E-state index contributed by atoms with van der Waals surface area (Å²) in [6, 6.07) is 20.5. The minimum atomic E-state index is -0.145. The van der Waals surface area contributed by atoms with Crippen LogP contribution in [0.2, 0.25) is 0 Å². The lowest BCUT2D eigenvalue weighted by Crippen LogP contribution is -2.32. The van der Waals surface area contributed by atoms with Gasteiger partial charge in [0, 0.05) is 16.8 Å². The average molecular weight is 434 g/mol. The molecule has 6 nitrogen and oxygen atoms in total. The Morgan fingerprint density at radius 1 is 1.00 bits per heavy atom. The SMILES string of the molecule is CC(c1cc2ccccc2o1)N(C)CC(=O)Nc1ccc(NC(=O)c2cccs2)cc1. The minimum absolute atomic E-state index is 0.0482. The summed E-state index contributed by atoms with van der Waals surface area (Å²) in [5.41, 5.74) is 2.18. The van der Waals surface area contributed by atoms with Gasteiger partial charge in [-0.1, -0.05) is 24.3 Å². The van der Waals surface area contributed by atoms with Crippen molar-refractivity contribution in [1.29, 1.82) is 0 Å². The molecule has 1 unspecified atom stereocenters. The number of carbonyl (C=O) groups excluding carboxylic acids is 2. The van der Waals surface area contributed by atoms with Crippen LogP contribution in [-0.2, 0) is 4.79 Å². The minimum Gasteiger partial charge on any atom is -0.459 e. The molecule has 2 heterocycles. The van der Waals surface area contributed by atoms with Crippen molar-refractivity contribution in [3.63, 3.8) is 0 Å². The van der Waals surface area contributed by atoms with Crippen molar-refractivity contribution in [1.82, 2.24) is 4.90 Å². The molecule has 0 aliphatic rings. The molecule has 0 fully saturated rings. The Balaban J connectivity index is 1.32. The smallest absolute Gasteiger partial charge is 0.265 e. The number of furan rings is 1. The third kappa shape index (κ3) is 5.02. The van der Waals surface area contributed by atoms with Crippen LogP contribution in [0.4, 0.5) is 11.4 Å². The zero-order valence-corrected chi connectivity index (χ0v) is 18.1. The molecule has 0 bridgehead atoms. The molecule has 2 aromatic heterocycles. The first-order chi connectivity index (χ1) is 15.0. The number of fused-ring (bicyclic) bond motifs is 1. The average Bonchev–Trinajstić information content (AvgIpc) is 3.44. The van der Waals surface area contributed by atoms with Crippen LogP contribution < -0.4 is 10.6 Å². The van der Waals surface area contributed by atoms with Crippen LogP contribution in [-0.4, -0.2) is 30.3 Å². The van der Waals surface area contributed by atoms with Crippen molar-refractivity contribution in [2.75, 3.05) is 24.2 Å². The predicted octanol–water partition coefficient (Wildman–Crippen LogP) is 5.38. The van der Waals surface area contributed by atoms with E-state index in [2.05, 4.69) is 10.6 Å². The van der Waals surface area contributed by atoms with E-state index in [1.807, 2.05) is 60.6 Å². The molecule has 4 aromatic rings. The van der Waals surface area contributed by atoms with Crippen molar-refractivity contribution in [2.24, 2.45) is 0 Å². The van der Waals surface area contributed by atoms with Gasteiger partial charge in [-0.15, -0.1) is 11.3 Å². The van der Waals surface area contributed by atoms with Crippen molar-refractivity contribution in [2.45, 2.75) is 13.0 Å². The number of benzene rings is 2. The monoisotopic (exact) mass is 433 g/mol.